The molecule has 5 rings (SSSR count). The summed E-state index contributed by atoms with van der Waals surface area (Å²) in [5.74, 6) is 1.15. The third-order valence-corrected chi connectivity index (χ3v) is 6.46. The summed E-state index contributed by atoms with van der Waals surface area (Å²) < 4.78 is 18.6. The predicted octanol–water partition coefficient (Wildman–Crippen LogP) is 3.49. The highest BCUT2D eigenvalue weighted by Crippen LogP contribution is 2.35. The number of pyridine rings is 1. The van der Waals surface area contributed by atoms with Crippen LogP contribution in [0.4, 0.5) is 5.69 Å². The molecule has 1 fully saturated rings. The fraction of sp³-hybridized carbons (Fsp3) is 0.385. The number of rotatable bonds is 6. The van der Waals surface area contributed by atoms with Gasteiger partial charge in [0.2, 0.25) is 17.7 Å². The van der Waals surface area contributed by atoms with Gasteiger partial charge in [0.15, 0.2) is 5.69 Å². The Morgan fingerprint density at radius 1 is 1.22 bits per heavy atom. The molecular weight excluding hydrogens is 474 g/mol. The van der Waals surface area contributed by atoms with Gasteiger partial charge in [0.25, 0.3) is 0 Å². The van der Waals surface area contributed by atoms with Crippen molar-refractivity contribution in [2.75, 3.05) is 26.1 Å². The van der Waals surface area contributed by atoms with Crippen LogP contribution in [0.5, 0.6) is 11.8 Å². The average Bonchev–Trinajstić information content (AvgIpc) is 3.27. The van der Waals surface area contributed by atoms with Gasteiger partial charge in [-0.15, -0.1) is 0 Å². The van der Waals surface area contributed by atoms with Crippen LogP contribution in [0.25, 0.3) is 21.9 Å². The van der Waals surface area contributed by atoms with E-state index < -0.39 is 0 Å². The van der Waals surface area contributed by atoms with Crippen molar-refractivity contribution in [3.63, 3.8) is 0 Å². The Labute approximate surface area is 213 Å². The number of nitrogens with zero attached hydrogens (tertiary/aromatic N) is 6. The van der Waals surface area contributed by atoms with Crippen molar-refractivity contribution in [2.24, 2.45) is 0 Å². The summed E-state index contributed by atoms with van der Waals surface area (Å²) in [4.78, 5) is 31.2. The molecule has 1 aliphatic heterocycles. The molecule has 2 atom stereocenters. The molecule has 0 bridgehead atoms. The largest absolute Gasteiger partial charge is 0.479 e. The van der Waals surface area contributed by atoms with E-state index in [9.17, 15) is 10.1 Å². The number of carbonyl (C=O) groups is 1. The van der Waals surface area contributed by atoms with Gasteiger partial charge in [-0.1, -0.05) is 0 Å². The van der Waals surface area contributed by atoms with Crippen LogP contribution in [0.15, 0.2) is 24.4 Å². The molecule has 11 nitrogen and oxygen atoms in total. The first kappa shape index (κ1) is 24.4. The molecule has 0 spiro atoms. The van der Waals surface area contributed by atoms with Crippen molar-refractivity contribution in [1.29, 1.82) is 5.26 Å². The van der Waals surface area contributed by atoms with Crippen LogP contribution in [0.3, 0.4) is 0 Å². The monoisotopic (exact) mass is 501 g/mol. The van der Waals surface area contributed by atoms with Crippen molar-refractivity contribution < 1.29 is 19.0 Å². The van der Waals surface area contributed by atoms with E-state index >= 15 is 0 Å². The highest BCUT2D eigenvalue weighted by atomic mass is 16.5. The lowest BCUT2D eigenvalue weighted by molar-refractivity contribution is -0.115. The standard InChI is InChI=1S/C26H27N7O4/c1-14-9-17(7-8-37-14)33-21(11-22(34)32-23-25(35-3)29-15(2)30-26(23)36-4)31-20-13-28-19-6-5-16(12-27)10-18(19)24(20)33/h5-6,10,13-14,17H,7-9,11H2,1-4H3,(H,32,34)/t14-,17-/m1/s1. The van der Waals surface area contributed by atoms with Gasteiger partial charge in [-0.3, -0.25) is 9.78 Å². The summed E-state index contributed by atoms with van der Waals surface area (Å²) in [7, 11) is 2.94. The van der Waals surface area contributed by atoms with Gasteiger partial charge in [0.05, 0.1) is 55.6 Å². The second kappa shape index (κ2) is 9.99. The lowest BCUT2D eigenvalue weighted by atomic mass is 10.0. The highest BCUT2D eigenvalue weighted by molar-refractivity contribution is 6.03. The maximum Gasteiger partial charge on any atom is 0.245 e. The lowest BCUT2D eigenvalue weighted by Gasteiger charge is -2.30. The molecular formula is C26H27N7O4. The minimum absolute atomic E-state index is 0.0139. The Morgan fingerprint density at radius 2 is 1.97 bits per heavy atom. The molecule has 0 unspecified atom stereocenters. The number of fused-ring (bicyclic) bond motifs is 3. The Balaban J connectivity index is 1.60. The normalized spacial score (nSPS) is 17.5. The number of ether oxygens (including phenoxy) is 3. The number of methoxy groups -OCH3 is 2. The molecule has 3 aromatic heterocycles. The van der Waals surface area contributed by atoms with Crippen molar-refractivity contribution in [3.8, 4) is 17.8 Å². The van der Waals surface area contributed by atoms with Crippen molar-refractivity contribution >= 4 is 33.5 Å². The average molecular weight is 502 g/mol. The first-order valence-corrected chi connectivity index (χ1v) is 12.0. The number of nitriles is 1. The molecule has 1 amide bonds. The maximum atomic E-state index is 13.3. The molecule has 37 heavy (non-hydrogen) atoms. The second-order valence-corrected chi connectivity index (χ2v) is 8.98. The number of anilines is 1. The molecule has 0 aliphatic carbocycles. The van der Waals surface area contributed by atoms with Gasteiger partial charge in [0.1, 0.15) is 17.2 Å². The summed E-state index contributed by atoms with van der Waals surface area (Å²) in [5, 5.41) is 13.2. The number of aryl methyl sites for hydroxylation is 1. The predicted molar refractivity (Wildman–Crippen MR) is 136 cm³/mol. The third kappa shape index (κ3) is 4.63. The molecule has 0 saturated carbocycles. The molecule has 190 valence electrons. The SMILES string of the molecule is COc1nc(C)nc(OC)c1NC(=O)Cc1nc2cnc3ccc(C#N)cc3c2n1[C@@H]1CCO[C@H](C)C1. The molecule has 4 aromatic rings. The van der Waals surface area contributed by atoms with Crippen molar-refractivity contribution in [2.45, 2.75) is 45.3 Å². The Bertz CT molecular complexity index is 1520. The quantitative estimate of drug-likeness (QED) is 0.421. The van der Waals surface area contributed by atoms with Gasteiger partial charge in [-0.05, 0) is 44.9 Å². The minimum atomic E-state index is -0.323. The number of imidazole rings is 1. The van der Waals surface area contributed by atoms with Crippen LogP contribution in [0.1, 0.15) is 43.0 Å². The lowest BCUT2D eigenvalue weighted by Crippen LogP contribution is -2.28. The molecule has 1 aliphatic rings. The Kier molecular flexibility index (Phi) is 6.58. The summed E-state index contributed by atoms with van der Waals surface area (Å²) in [6.45, 7) is 4.36. The van der Waals surface area contributed by atoms with Crippen LogP contribution >= 0.6 is 0 Å². The van der Waals surface area contributed by atoms with Crippen molar-refractivity contribution in [3.05, 3.63) is 41.6 Å². The molecule has 4 heterocycles. The zero-order valence-electron chi connectivity index (χ0n) is 21.1. The van der Waals surface area contributed by atoms with E-state index in [1.54, 1.807) is 19.2 Å². The van der Waals surface area contributed by atoms with E-state index in [4.69, 9.17) is 19.2 Å². The van der Waals surface area contributed by atoms with E-state index in [0.29, 0.717) is 29.3 Å². The number of benzene rings is 1. The number of hydrogen-bond acceptors (Lipinski definition) is 9. The Morgan fingerprint density at radius 3 is 2.65 bits per heavy atom. The van der Waals surface area contributed by atoms with Gasteiger partial charge in [-0.2, -0.15) is 15.2 Å². The van der Waals surface area contributed by atoms with Crippen LogP contribution < -0.4 is 14.8 Å². The van der Waals surface area contributed by atoms with Gasteiger partial charge >= 0.3 is 0 Å². The number of amides is 1. The van der Waals surface area contributed by atoms with Gasteiger partial charge < -0.3 is 24.1 Å². The third-order valence-electron chi connectivity index (χ3n) is 6.46. The van der Waals surface area contributed by atoms with Crippen molar-refractivity contribution in [1.82, 2.24) is 24.5 Å². The summed E-state index contributed by atoms with van der Waals surface area (Å²) in [6.07, 6.45) is 3.32. The van der Waals surface area contributed by atoms with Gasteiger partial charge in [-0.25, -0.2) is 4.98 Å². The molecule has 1 aromatic carbocycles. The summed E-state index contributed by atoms with van der Waals surface area (Å²) in [5.41, 5.74) is 3.08. The van der Waals surface area contributed by atoms with E-state index in [1.807, 2.05) is 19.1 Å². The van der Waals surface area contributed by atoms with Crippen LogP contribution in [-0.4, -0.2) is 57.3 Å². The van der Waals surface area contributed by atoms with Crippen LogP contribution in [0.2, 0.25) is 0 Å². The number of aromatic nitrogens is 5. The highest BCUT2D eigenvalue weighted by Gasteiger charge is 2.28. The minimum Gasteiger partial charge on any atom is -0.479 e. The first-order valence-electron chi connectivity index (χ1n) is 12.0. The molecule has 1 saturated heterocycles. The van der Waals surface area contributed by atoms with E-state index in [2.05, 4.69) is 30.9 Å². The number of nitrogens with one attached hydrogen (secondary N) is 1. The zero-order chi connectivity index (χ0) is 26.1. The van der Waals surface area contributed by atoms with E-state index in [1.165, 1.54) is 14.2 Å². The zero-order valence-corrected chi connectivity index (χ0v) is 21.1. The summed E-state index contributed by atoms with van der Waals surface area (Å²) >= 11 is 0. The maximum absolute atomic E-state index is 13.3. The van der Waals surface area contributed by atoms with E-state index in [-0.39, 0.29) is 41.9 Å². The van der Waals surface area contributed by atoms with Crippen LogP contribution in [0, 0.1) is 18.3 Å². The van der Waals surface area contributed by atoms with Crippen LogP contribution in [-0.2, 0) is 16.0 Å². The fourth-order valence-corrected chi connectivity index (χ4v) is 4.87. The molecule has 11 heteroatoms. The first-order chi connectivity index (χ1) is 17.9. The summed E-state index contributed by atoms with van der Waals surface area (Å²) in [6, 6.07) is 7.68. The molecule has 1 N–H and O–H groups in total. The number of hydrogen-bond donors (Lipinski definition) is 1. The smallest absolute Gasteiger partial charge is 0.245 e. The Hall–Kier alpha value is -4.30. The second-order valence-electron chi connectivity index (χ2n) is 8.98. The number of carbonyl (C=O) groups excluding carboxylic acids is 1. The van der Waals surface area contributed by atoms with Gasteiger partial charge in [0, 0.05) is 18.0 Å². The molecule has 0 radical (unpaired) electrons. The fourth-order valence-electron chi connectivity index (χ4n) is 4.87. The topological polar surface area (TPSA) is 137 Å². The van der Waals surface area contributed by atoms with E-state index in [0.717, 1.165) is 29.3 Å².